The molecule has 0 N–H and O–H groups in total. The molecule has 0 aliphatic carbocycles. The summed E-state index contributed by atoms with van der Waals surface area (Å²) in [7, 11) is 0. The van der Waals surface area contributed by atoms with Crippen LogP contribution >= 0.6 is 0 Å². The Morgan fingerprint density at radius 1 is 1.06 bits per heavy atom. The highest BCUT2D eigenvalue weighted by atomic mass is 16.6. The summed E-state index contributed by atoms with van der Waals surface area (Å²) in [5, 5.41) is 0. The van der Waals surface area contributed by atoms with Crippen molar-refractivity contribution >= 4 is 17.9 Å². The summed E-state index contributed by atoms with van der Waals surface area (Å²) < 4.78 is 9.24. The van der Waals surface area contributed by atoms with Crippen LogP contribution in [0.1, 0.15) is 40.0 Å². The molecule has 0 heterocycles. The van der Waals surface area contributed by atoms with Crippen LogP contribution in [0.25, 0.3) is 0 Å². The second kappa shape index (κ2) is 7.84. The van der Waals surface area contributed by atoms with Crippen LogP contribution in [0.3, 0.4) is 0 Å². The summed E-state index contributed by atoms with van der Waals surface area (Å²) in [5.74, 6) is -3.06. The lowest BCUT2D eigenvalue weighted by molar-refractivity contribution is -0.168. The first kappa shape index (κ1) is 14.6. The van der Waals surface area contributed by atoms with Crippen molar-refractivity contribution in [3.63, 3.8) is 0 Å². The fraction of sp³-hybridized carbons (Fsp3) is 0.727. The molecule has 5 heteroatoms. The van der Waals surface area contributed by atoms with Gasteiger partial charge in [-0.3, -0.25) is 14.4 Å². The Morgan fingerprint density at radius 2 is 1.69 bits per heavy atom. The predicted molar refractivity (Wildman–Crippen MR) is 56.4 cm³/mol. The summed E-state index contributed by atoms with van der Waals surface area (Å²) in [6, 6.07) is 0. The SMILES string of the molecule is CCCC(=O)OC(=O)C(CC)C(=O)OCC. The Hall–Kier alpha value is -1.39. The van der Waals surface area contributed by atoms with E-state index in [1.807, 2.05) is 0 Å². The molecule has 5 nitrogen and oxygen atoms in total. The molecule has 0 aromatic rings. The Kier molecular flexibility index (Phi) is 7.16. The number of hydrogen-bond donors (Lipinski definition) is 0. The third-order valence-corrected chi connectivity index (χ3v) is 1.93. The molecular weight excluding hydrogens is 212 g/mol. The van der Waals surface area contributed by atoms with Gasteiger partial charge >= 0.3 is 17.9 Å². The van der Waals surface area contributed by atoms with Gasteiger partial charge in [0.2, 0.25) is 0 Å². The second-order valence-corrected chi connectivity index (χ2v) is 3.26. The van der Waals surface area contributed by atoms with Crippen LogP contribution in [0.2, 0.25) is 0 Å². The largest absolute Gasteiger partial charge is 0.465 e. The normalized spacial score (nSPS) is 11.7. The zero-order valence-electron chi connectivity index (χ0n) is 9.95. The summed E-state index contributed by atoms with van der Waals surface area (Å²) in [5.41, 5.74) is 0. The fourth-order valence-electron chi connectivity index (χ4n) is 1.11. The van der Waals surface area contributed by atoms with Crippen molar-refractivity contribution in [2.75, 3.05) is 6.61 Å². The number of carbonyl (C=O) groups is 3. The summed E-state index contributed by atoms with van der Waals surface area (Å²) in [4.78, 5) is 33.8. The zero-order valence-corrected chi connectivity index (χ0v) is 9.95. The third-order valence-electron chi connectivity index (χ3n) is 1.93. The van der Waals surface area contributed by atoms with E-state index in [0.29, 0.717) is 6.42 Å². The molecule has 0 rings (SSSR count). The van der Waals surface area contributed by atoms with E-state index >= 15 is 0 Å². The molecule has 0 aliphatic heterocycles. The van der Waals surface area contributed by atoms with Gasteiger partial charge in [-0.2, -0.15) is 0 Å². The standard InChI is InChI=1S/C11H18O5/c1-4-7-9(12)16-11(14)8(5-2)10(13)15-6-3/h8H,4-7H2,1-3H3. The van der Waals surface area contributed by atoms with Crippen LogP contribution in [0, 0.1) is 5.92 Å². The second-order valence-electron chi connectivity index (χ2n) is 3.26. The van der Waals surface area contributed by atoms with E-state index in [4.69, 9.17) is 4.74 Å². The number of esters is 3. The first-order valence-electron chi connectivity index (χ1n) is 5.47. The molecule has 0 bridgehead atoms. The van der Waals surface area contributed by atoms with E-state index in [2.05, 4.69) is 4.74 Å². The smallest absolute Gasteiger partial charge is 0.327 e. The van der Waals surface area contributed by atoms with Gasteiger partial charge in [-0.1, -0.05) is 13.8 Å². The van der Waals surface area contributed by atoms with Crippen LogP contribution in [0.15, 0.2) is 0 Å². The van der Waals surface area contributed by atoms with Gasteiger partial charge in [-0.25, -0.2) is 0 Å². The first-order valence-corrected chi connectivity index (χ1v) is 5.47. The van der Waals surface area contributed by atoms with Crippen molar-refractivity contribution in [1.29, 1.82) is 0 Å². The highest BCUT2D eigenvalue weighted by Crippen LogP contribution is 2.09. The highest BCUT2D eigenvalue weighted by molar-refractivity contribution is 5.99. The van der Waals surface area contributed by atoms with E-state index in [1.165, 1.54) is 0 Å². The van der Waals surface area contributed by atoms with Crippen molar-refractivity contribution in [3.05, 3.63) is 0 Å². The molecular formula is C11H18O5. The molecule has 0 aliphatic rings. The van der Waals surface area contributed by atoms with E-state index < -0.39 is 23.8 Å². The van der Waals surface area contributed by atoms with Gasteiger partial charge in [-0.15, -0.1) is 0 Å². The third kappa shape index (κ3) is 4.91. The molecule has 92 valence electrons. The molecule has 0 fully saturated rings. The molecule has 1 atom stereocenters. The quantitative estimate of drug-likeness (QED) is 0.510. The van der Waals surface area contributed by atoms with Crippen LogP contribution in [0.4, 0.5) is 0 Å². The van der Waals surface area contributed by atoms with Gasteiger partial charge < -0.3 is 9.47 Å². The van der Waals surface area contributed by atoms with Gasteiger partial charge in [0.1, 0.15) is 0 Å². The summed E-state index contributed by atoms with van der Waals surface area (Å²) in [6.07, 6.45) is 1.03. The minimum Gasteiger partial charge on any atom is -0.465 e. The topological polar surface area (TPSA) is 69.7 Å². The van der Waals surface area contributed by atoms with E-state index in [0.717, 1.165) is 0 Å². The fourth-order valence-corrected chi connectivity index (χ4v) is 1.11. The molecule has 1 unspecified atom stereocenters. The molecule has 0 saturated heterocycles. The van der Waals surface area contributed by atoms with Crippen molar-refractivity contribution < 1.29 is 23.9 Å². The maximum Gasteiger partial charge on any atom is 0.327 e. The maximum absolute atomic E-state index is 11.4. The number of carbonyl (C=O) groups excluding carboxylic acids is 3. The summed E-state index contributed by atoms with van der Waals surface area (Å²) in [6.45, 7) is 5.31. The van der Waals surface area contributed by atoms with Gasteiger partial charge in [-0.05, 0) is 19.8 Å². The van der Waals surface area contributed by atoms with Gasteiger partial charge in [0.05, 0.1) is 6.61 Å². The maximum atomic E-state index is 11.4. The number of rotatable bonds is 6. The Bertz CT molecular complexity index is 259. The zero-order chi connectivity index (χ0) is 12.6. The molecule has 0 saturated carbocycles. The average Bonchev–Trinajstić information content (AvgIpc) is 2.19. The van der Waals surface area contributed by atoms with Crippen LogP contribution in [0.5, 0.6) is 0 Å². The van der Waals surface area contributed by atoms with E-state index in [-0.39, 0.29) is 19.4 Å². The molecule has 0 amide bonds. The monoisotopic (exact) mass is 230 g/mol. The van der Waals surface area contributed by atoms with Crippen molar-refractivity contribution in [2.45, 2.75) is 40.0 Å². The summed E-state index contributed by atoms with van der Waals surface area (Å²) >= 11 is 0. The van der Waals surface area contributed by atoms with Gasteiger partial charge in [0.25, 0.3) is 0 Å². The lowest BCUT2D eigenvalue weighted by atomic mass is 10.1. The minimum absolute atomic E-state index is 0.172. The number of hydrogen-bond acceptors (Lipinski definition) is 5. The molecule has 0 radical (unpaired) electrons. The minimum atomic E-state index is -0.999. The molecule has 0 aromatic heterocycles. The molecule has 0 spiro atoms. The van der Waals surface area contributed by atoms with Gasteiger partial charge in [0, 0.05) is 6.42 Å². The van der Waals surface area contributed by atoms with Crippen molar-refractivity contribution in [1.82, 2.24) is 0 Å². The number of ether oxygens (including phenoxy) is 2. The average molecular weight is 230 g/mol. The predicted octanol–water partition coefficient (Wildman–Crippen LogP) is 1.45. The Labute approximate surface area is 95.1 Å². The lowest BCUT2D eigenvalue weighted by Gasteiger charge is -2.11. The van der Waals surface area contributed by atoms with E-state index in [9.17, 15) is 14.4 Å². The Morgan fingerprint density at radius 3 is 2.12 bits per heavy atom. The van der Waals surface area contributed by atoms with E-state index in [1.54, 1.807) is 20.8 Å². The van der Waals surface area contributed by atoms with Crippen LogP contribution in [-0.2, 0) is 23.9 Å². The van der Waals surface area contributed by atoms with Crippen molar-refractivity contribution in [3.8, 4) is 0 Å². The lowest BCUT2D eigenvalue weighted by Crippen LogP contribution is -2.29. The first-order chi connectivity index (χ1) is 7.56. The Balaban J connectivity index is 4.31. The van der Waals surface area contributed by atoms with Crippen molar-refractivity contribution in [2.24, 2.45) is 5.92 Å². The van der Waals surface area contributed by atoms with Crippen LogP contribution < -0.4 is 0 Å². The van der Waals surface area contributed by atoms with Crippen LogP contribution in [-0.4, -0.2) is 24.5 Å². The van der Waals surface area contributed by atoms with Gasteiger partial charge in [0.15, 0.2) is 5.92 Å². The molecule has 16 heavy (non-hydrogen) atoms. The highest BCUT2D eigenvalue weighted by Gasteiger charge is 2.29. The molecule has 0 aromatic carbocycles.